The molecule has 1 heterocycles. The standard InChI is InChI=1S/C15H22N2O2S.C13H22N2O2S.C6H13BrO2.CH4/c1-11(2)17-13(18)19-15-6-3-14(4-7-15,5-8-15)12-16-9-10-20-12;1-9(2)15-11(16)17-13-6-3-12(4-7-13,5-8-13)10(14)18;1-3-8-6(5-7)9-4-2;/h9-11H,3-8H2,1-2H3,(H,17,18);9H,3-8H2,1-2H3,(H2,14,18)(H,15,16);6H,3-5H2,1-2H3;1H4. The Morgan fingerprint density at radius 2 is 1.27 bits per heavy atom. The summed E-state index contributed by atoms with van der Waals surface area (Å²) < 4.78 is 21.8. The van der Waals surface area contributed by atoms with E-state index in [0.717, 1.165) is 82.4 Å². The lowest BCUT2D eigenvalue weighted by Gasteiger charge is -2.52. The fraction of sp³-hybridized carbons (Fsp3) is 0.829. The van der Waals surface area contributed by atoms with Gasteiger partial charge in [0.05, 0.1) is 15.3 Å². The molecule has 0 spiro atoms. The Labute approximate surface area is 306 Å². The molecule has 4 bridgehead atoms. The maximum Gasteiger partial charge on any atom is 0.407 e. The minimum atomic E-state index is -0.297. The van der Waals surface area contributed by atoms with Crippen LogP contribution in [0.15, 0.2) is 11.6 Å². The van der Waals surface area contributed by atoms with E-state index in [0.29, 0.717) is 18.2 Å². The van der Waals surface area contributed by atoms with Crippen LogP contribution in [0.2, 0.25) is 0 Å². The van der Waals surface area contributed by atoms with Crippen LogP contribution in [0.5, 0.6) is 0 Å². The van der Waals surface area contributed by atoms with Gasteiger partial charge in [0.25, 0.3) is 0 Å². The van der Waals surface area contributed by atoms with Gasteiger partial charge in [0.2, 0.25) is 0 Å². The molecule has 48 heavy (non-hydrogen) atoms. The number of nitrogens with one attached hydrogen (secondary N) is 2. The molecule has 276 valence electrons. The summed E-state index contributed by atoms with van der Waals surface area (Å²) in [5.41, 5.74) is 5.66. The molecular formula is C35H61BrN4O6S2. The van der Waals surface area contributed by atoms with Gasteiger partial charge >= 0.3 is 12.2 Å². The number of rotatable bonds is 11. The molecule has 2 amide bonds. The largest absolute Gasteiger partial charge is 0.443 e. The predicted octanol–water partition coefficient (Wildman–Crippen LogP) is 8.54. The second-order valence-corrected chi connectivity index (χ2v) is 16.0. The first-order chi connectivity index (χ1) is 22.3. The van der Waals surface area contributed by atoms with Gasteiger partial charge in [0, 0.05) is 47.7 Å². The first kappa shape index (κ1) is 42.6. The van der Waals surface area contributed by atoms with Gasteiger partial charge in [-0.25, -0.2) is 14.6 Å². The number of hydrogen-bond acceptors (Lipinski definition) is 9. The third kappa shape index (κ3) is 11.5. The lowest BCUT2D eigenvalue weighted by molar-refractivity contribution is -0.119. The molecule has 7 rings (SSSR count). The minimum Gasteiger partial charge on any atom is -0.443 e. The smallest absolute Gasteiger partial charge is 0.407 e. The van der Waals surface area contributed by atoms with Gasteiger partial charge in [0.15, 0.2) is 6.29 Å². The van der Waals surface area contributed by atoms with E-state index in [1.165, 1.54) is 5.01 Å². The molecule has 1 aromatic rings. The summed E-state index contributed by atoms with van der Waals surface area (Å²) >= 11 is 10.2. The number of amides is 2. The first-order valence-corrected chi connectivity index (χ1v) is 19.6. The second-order valence-electron chi connectivity index (χ2n) is 14.0. The summed E-state index contributed by atoms with van der Waals surface area (Å²) in [5, 5.41) is 9.70. The summed E-state index contributed by atoms with van der Waals surface area (Å²) in [7, 11) is 0. The van der Waals surface area contributed by atoms with E-state index >= 15 is 0 Å². The first-order valence-electron chi connectivity index (χ1n) is 17.2. The van der Waals surface area contributed by atoms with Crippen molar-refractivity contribution in [1.29, 1.82) is 0 Å². The van der Waals surface area contributed by atoms with E-state index in [4.69, 9.17) is 36.9 Å². The normalized spacial score (nSPS) is 28.4. The molecule has 6 aliphatic rings. The summed E-state index contributed by atoms with van der Waals surface area (Å²) in [6, 6.07) is 0.234. The zero-order valence-electron chi connectivity index (χ0n) is 29.2. The van der Waals surface area contributed by atoms with Crippen molar-refractivity contribution < 1.29 is 28.5 Å². The van der Waals surface area contributed by atoms with Crippen molar-refractivity contribution in [2.45, 2.75) is 161 Å². The van der Waals surface area contributed by atoms with E-state index < -0.39 is 0 Å². The highest BCUT2D eigenvalue weighted by Crippen LogP contribution is 2.56. The van der Waals surface area contributed by atoms with Crippen molar-refractivity contribution in [3.8, 4) is 0 Å². The van der Waals surface area contributed by atoms with Gasteiger partial charge in [-0.3, -0.25) is 0 Å². The minimum absolute atomic E-state index is 0. The number of alkyl carbamates (subject to hydrolysis) is 2. The van der Waals surface area contributed by atoms with Crippen molar-refractivity contribution in [2.75, 3.05) is 18.5 Å². The fourth-order valence-electron chi connectivity index (χ4n) is 7.22. The molecule has 0 radical (unpaired) electrons. The van der Waals surface area contributed by atoms with Crippen molar-refractivity contribution in [3.05, 3.63) is 16.6 Å². The molecular weight excluding hydrogens is 716 g/mol. The molecule has 6 saturated carbocycles. The summed E-state index contributed by atoms with van der Waals surface area (Å²) in [6.45, 7) is 13.1. The Bertz CT molecular complexity index is 1100. The number of nitrogens with two attached hydrogens (primary N) is 1. The van der Waals surface area contributed by atoms with Gasteiger partial charge in [-0.2, -0.15) is 0 Å². The van der Waals surface area contributed by atoms with Crippen LogP contribution in [0.1, 0.15) is 131 Å². The fourth-order valence-corrected chi connectivity index (χ4v) is 8.83. The molecule has 4 N–H and O–H groups in total. The average molecular weight is 778 g/mol. The third-order valence-corrected chi connectivity index (χ3v) is 12.0. The van der Waals surface area contributed by atoms with Crippen molar-refractivity contribution in [3.63, 3.8) is 0 Å². The highest BCUT2D eigenvalue weighted by atomic mass is 79.9. The van der Waals surface area contributed by atoms with Crippen molar-refractivity contribution in [1.82, 2.24) is 15.6 Å². The van der Waals surface area contributed by atoms with E-state index in [2.05, 4.69) is 36.9 Å². The molecule has 13 heteroatoms. The van der Waals surface area contributed by atoms with E-state index in [1.54, 1.807) is 11.3 Å². The number of ether oxygens (including phenoxy) is 4. The number of aromatic nitrogens is 1. The van der Waals surface area contributed by atoms with Gasteiger partial charge in [-0.05, 0) is 119 Å². The molecule has 0 unspecified atom stereocenters. The average Bonchev–Trinajstić information content (AvgIpc) is 3.58. The monoisotopic (exact) mass is 776 g/mol. The van der Waals surface area contributed by atoms with Crippen LogP contribution in [0.25, 0.3) is 0 Å². The van der Waals surface area contributed by atoms with Crippen LogP contribution in [0, 0.1) is 5.41 Å². The quantitative estimate of drug-likeness (QED) is 0.115. The molecule has 1 aromatic heterocycles. The Hall–Kier alpha value is -1.54. The molecule has 6 aliphatic carbocycles. The van der Waals surface area contributed by atoms with Crippen LogP contribution in [-0.2, 0) is 24.4 Å². The predicted molar refractivity (Wildman–Crippen MR) is 201 cm³/mol. The van der Waals surface area contributed by atoms with E-state index in [1.807, 2.05) is 47.7 Å². The molecule has 6 fully saturated rings. The second kappa shape index (κ2) is 19.2. The van der Waals surface area contributed by atoms with Gasteiger partial charge in [0.1, 0.15) is 11.2 Å². The lowest BCUT2D eigenvalue weighted by atomic mass is 9.58. The molecule has 0 saturated heterocycles. The summed E-state index contributed by atoms with van der Waals surface area (Å²) in [6.07, 6.45) is 13.0. The molecule has 10 nitrogen and oxygen atoms in total. The van der Waals surface area contributed by atoms with Crippen LogP contribution in [-0.4, -0.2) is 70.3 Å². The summed E-state index contributed by atoms with van der Waals surface area (Å²) in [4.78, 5) is 28.8. The number of alkyl halides is 1. The maximum atomic E-state index is 11.9. The molecule has 0 aromatic carbocycles. The number of carbonyl (C=O) groups excluding carboxylic acids is 2. The number of hydrogen-bond donors (Lipinski definition) is 3. The zero-order chi connectivity index (χ0) is 34.7. The van der Waals surface area contributed by atoms with Crippen LogP contribution in [0.4, 0.5) is 9.59 Å². The van der Waals surface area contributed by atoms with Gasteiger partial charge < -0.3 is 35.3 Å². The number of fused-ring (bicyclic) bond motifs is 6. The van der Waals surface area contributed by atoms with E-state index in [-0.39, 0.29) is 60.0 Å². The molecule has 0 atom stereocenters. The van der Waals surface area contributed by atoms with Crippen molar-refractivity contribution >= 4 is 56.7 Å². The Morgan fingerprint density at radius 3 is 1.58 bits per heavy atom. The third-order valence-electron chi connectivity index (χ3n) is 10.0. The van der Waals surface area contributed by atoms with Gasteiger partial charge in [-0.15, -0.1) is 11.3 Å². The Kier molecular flexibility index (Phi) is 17.0. The van der Waals surface area contributed by atoms with Crippen molar-refractivity contribution in [2.24, 2.45) is 11.1 Å². The topological polar surface area (TPSA) is 134 Å². The Balaban J connectivity index is 0.000000265. The van der Waals surface area contributed by atoms with Crippen LogP contribution < -0.4 is 16.4 Å². The highest BCUT2D eigenvalue weighted by molar-refractivity contribution is 9.09. The number of halogens is 1. The zero-order valence-corrected chi connectivity index (χ0v) is 32.4. The van der Waals surface area contributed by atoms with Crippen LogP contribution in [0.3, 0.4) is 0 Å². The van der Waals surface area contributed by atoms with Gasteiger partial charge in [-0.1, -0.05) is 35.6 Å². The SMILES string of the molecule is C.CC(C)NC(=O)OC12CCC(C(N)=S)(CC1)CC2.CC(C)NC(=O)OC12CCC(c3nccs3)(CC1)CC2.CCOC(CBr)OCC. The van der Waals surface area contributed by atoms with E-state index in [9.17, 15) is 9.59 Å². The van der Waals surface area contributed by atoms with Crippen LogP contribution >= 0.6 is 39.5 Å². The highest BCUT2D eigenvalue weighted by Gasteiger charge is 2.53. The number of carbonyl (C=O) groups is 2. The number of thiocarbonyl (C=S) groups is 1. The Morgan fingerprint density at radius 1 is 0.854 bits per heavy atom. The maximum absolute atomic E-state index is 11.9. The number of thiazole rings is 1. The molecule has 0 aliphatic heterocycles. The summed E-state index contributed by atoms with van der Waals surface area (Å²) in [5.74, 6) is 0. The number of nitrogens with zero attached hydrogens (tertiary/aromatic N) is 1. The lowest BCUT2D eigenvalue weighted by Crippen LogP contribution is -2.53.